The van der Waals surface area contributed by atoms with E-state index in [1.807, 2.05) is 0 Å². The van der Waals surface area contributed by atoms with E-state index in [-0.39, 0.29) is 11.9 Å². The van der Waals surface area contributed by atoms with E-state index in [1.165, 1.54) is 6.07 Å². The summed E-state index contributed by atoms with van der Waals surface area (Å²) in [5, 5.41) is 3.33. The maximum atomic E-state index is 13.1. The fourth-order valence-electron chi connectivity index (χ4n) is 2.57. The van der Waals surface area contributed by atoms with Gasteiger partial charge in [0.05, 0.1) is 0 Å². The van der Waals surface area contributed by atoms with Gasteiger partial charge in [-0.25, -0.2) is 4.39 Å². The van der Waals surface area contributed by atoms with E-state index in [9.17, 15) is 4.39 Å². The van der Waals surface area contributed by atoms with E-state index in [2.05, 4.69) is 10.2 Å². The van der Waals surface area contributed by atoms with Crippen molar-refractivity contribution >= 4 is 0 Å². The van der Waals surface area contributed by atoms with Crippen LogP contribution in [0, 0.1) is 5.82 Å². The van der Waals surface area contributed by atoms with E-state index in [0.717, 1.165) is 50.5 Å². The highest BCUT2D eigenvalue weighted by Crippen LogP contribution is 2.29. The monoisotopic (exact) mass is 236 g/mol. The van der Waals surface area contributed by atoms with Gasteiger partial charge >= 0.3 is 0 Å². The number of fused-ring (bicyclic) bond motifs is 1. The summed E-state index contributed by atoms with van der Waals surface area (Å²) in [5.74, 6) is 0.682. The van der Waals surface area contributed by atoms with Crippen LogP contribution in [-0.2, 0) is 6.42 Å². The van der Waals surface area contributed by atoms with Gasteiger partial charge in [-0.15, -0.1) is 0 Å². The molecule has 0 saturated carbocycles. The molecule has 1 fully saturated rings. The summed E-state index contributed by atoms with van der Waals surface area (Å²) in [7, 11) is 0. The van der Waals surface area contributed by atoms with Gasteiger partial charge in [0, 0.05) is 44.7 Å². The lowest BCUT2D eigenvalue weighted by molar-refractivity contribution is 0.139. The quantitative estimate of drug-likeness (QED) is 0.830. The van der Waals surface area contributed by atoms with Crippen LogP contribution in [0.25, 0.3) is 0 Å². The highest BCUT2D eigenvalue weighted by Gasteiger charge is 2.25. The predicted octanol–water partition coefficient (Wildman–Crippen LogP) is 1.03. The number of hydrogen-bond acceptors (Lipinski definition) is 3. The number of ether oxygens (including phenoxy) is 1. The largest absolute Gasteiger partial charge is 0.488 e. The molecule has 0 spiro atoms. The summed E-state index contributed by atoms with van der Waals surface area (Å²) in [6.45, 7) is 5.19. The van der Waals surface area contributed by atoms with E-state index in [0.29, 0.717) is 0 Å². The van der Waals surface area contributed by atoms with Gasteiger partial charge in [0.1, 0.15) is 17.7 Å². The van der Waals surface area contributed by atoms with Crippen molar-refractivity contribution in [2.45, 2.75) is 12.5 Å². The summed E-state index contributed by atoms with van der Waals surface area (Å²) >= 11 is 0. The van der Waals surface area contributed by atoms with Crippen LogP contribution in [0.5, 0.6) is 5.75 Å². The zero-order valence-electron chi connectivity index (χ0n) is 9.79. The van der Waals surface area contributed by atoms with Crippen LogP contribution in [0.4, 0.5) is 4.39 Å². The number of halogens is 1. The fraction of sp³-hybridized carbons (Fsp3) is 0.538. The maximum Gasteiger partial charge on any atom is 0.123 e. The lowest BCUT2D eigenvalue weighted by Crippen LogP contribution is -2.47. The Kier molecular flexibility index (Phi) is 2.99. The third-order valence-electron chi connectivity index (χ3n) is 3.44. The van der Waals surface area contributed by atoms with Crippen molar-refractivity contribution in [1.29, 1.82) is 0 Å². The molecule has 1 unspecified atom stereocenters. The molecule has 4 heteroatoms. The summed E-state index contributed by atoms with van der Waals surface area (Å²) in [5.41, 5.74) is 1.00. The molecule has 2 heterocycles. The standard InChI is InChI=1S/C13H17FN2O/c14-11-1-2-13-10(7-11)8-12(17-13)9-16-5-3-15-4-6-16/h1-2,7,12,15H,3-6,8-9H2. The second-order valence-corrected chi connectivity index (χ2v) is 4.75. The van der Waals surface area contributed by atoms with Crippen LogP contribution in [0.3, 0.4) is 0 Å². The fourth-order valence-corrected chi connectivity index (χ4v) is 2.57. The SMILES string of the molecule is Fc1ccc2c(c1)CC(CN1CCNCC1)O2. The first-order valence-corrected chi connectivity index (χ1v) is 6.19. The summed E-state index contributed by atoms with van der Waals surface area (Å²) in [4.78, 5) is 2.41. The van der Waals surface area contributed by atoms with Gasteiger partial charge in [0.25, 0.3) is 0 Å². The molecule has 1 saturated heterocycles. The molecule has 1 N–H and O–H groups in total. The third kappa shape index (κ3) is 2.42. The van der Waals surface area contributed by atoms with Gasteiger partial charge in [0.2, 0.25) is 0 Å². The summed E-state index contributed by atoms with van der Waals surface area (Å²) in [6.07, 6.45) is 1.02. The van der Waals surface area contributed by atoms with Crippen LogP contribution in [0.2, 0.25) is 0 Å². The molecule has 17 heavy (non-hydrogen) atoms. The van der Waals surface area contributed by atoms with Gasteiger partial charge in [-0.3, -0.25) is 4.90 Å². The van der Waals surface area contributed by atoms with Crippen molar-refractivity contribution in [1.82, 2.24) is 10.2 Å². The molecular formula is C13H17FN2O. The maximum absolute atomic E-state index is 13.1. The summed E-state index contributed by atoms with van der Waals surface area (Å²) in [6, 6.07) is 4.79. The number of piperazine rings is 1. The van der Waals surface area contributed by atoms with Crippen molar-refractivity contribution in [2.75, 3.05) is 32.7 Å². The number of hydrogen-bond donors (Lipinski definition) is 1. The smallest absolute Gasteiger partial charge is 0.123 e. The molecule has 0 bridgehead atoms. The molecule has 0 radical (unpaired) electrons. The molecule has 3 rings (SSSR count). The Morgan fingerprint density at radius 2 is 2.18 bits per heavy atom. The zero-order valence-corrected chi connectivity index (χ0v) is 9.79. The Hall–Kier alpha value is -1.13. The minimum absolute atomic E-state index is 0.171. The number of nitrogens with one attached hydrogen (secondary N) is 1. The normalized spacial score (nSPS) is 24.4. The predicted molar refractivity (Wildman–Crippen MR) is 63.8 cm³/mol. The first-order chi connectivity index (χ1) is 8.31. The van der Waals surface area contributed by atoms with Crippen molar-refractivity contribution in [2.24, 2.45) is 0 Å². The third-order valence-corrected chi connectivity index (χ3v) is 3.44. The first kappa shape index (κ1) is 11.0. The minimum Gasteiger partial charge on any atom is -0.488 e. The number of rotatable bonds is 2. The van der Waals surface area contributed by atoms with E-state index in [4.69, 9.17) is 4.74 Å². The second kappa shape index (κ2) is 4.63. The van der Waals surface area contributed by atoms with Crippen LogP contribution >= 0.6 is 0 Å². The minimum atomic E-state index is -0.171. The first-order valence-electron chi connectivity index (χ1n) is 6.19. The average Bonchev–Trinajstić information content (AvgIpc) is 2.71. The highest BCUT2D eigenvalue weighted by atomic mass is 19.1. The van der Waals surface area contributed by atoms with E-state index in [1.54, 1.807) is 12.1 Å². The van der Waals surface area contributed by atoms with Crippen LogP contribution in [0.15, 0.2) is 18.2 Å². The molecule has 1 aromatic rings. The van der Waals surface area contributed by atoms with Gasteiger partial charge in [-0.2, -0.15) is 0 Å². The van der Waals surface area contributed by atoms with Crippen LogP contribution < -0.4 is 10.1 Å². The van der Waals surface area contributed by atoms with Crippen molar-refractivity contribution in [3.63, 3.8) is 0 Å². The molecule has 0 amide bonds. The number of benzene rings is 1. The Labute approximate surface area is 101 Å². The van der Waals surface area contributed by atoms with Gasteiger partial charge < -0.3 is 10.1 Å². The Morgan fingerprint density at radius 1 is 1.35 bits per heavy atom. The molecule has 2 aliphatic heterocycles. The Bertz CT molecular complexity index is 404. The van der Waals surface area contributed by atoms with Gasteiger partial charge in [-0.1, -0.05) is 0 Å². The lowest BCUT2D eigenvalue weighted by atomic mass is 10.1. The number of nitrogens with zero attached hydrogens (tertiary/aromatic N) is 1. The highest BCUT2D eigenvalue weighted by molar-refractivity contribution is 5.37. The Morgan fingerprint density at radius 3 is 3.00 bits per heavy atom. The van der Waals surface area contributed by atoms with Gasteiger partial charge in [-0.05, 0) is 18.2 Å². The van der Waals surface area contributed by atoms with E-state index >= 15 is 0 Å². The second-order valence-electron chi connectivity index (χ2n) is 4.75. The molecular weight excluding hydrogens is 219 g/mol. The molecule has 1 atom stereocenters. The van der Waals surface area contributed by atoms with Crippen molar-refractivity contribution in [3.05, 3.63) is 29.6 Å². The zero-order chi connectivity index (χ0) is 11.7. The van der Waals surface area contributed by atoms with Crippen LogP contribution in [0.1, 0.15) is 5.56 Å². The average molecular weight is 236 g/mol. The molecule has 0 aromatic heterocycles. The molecule has 92 valence electrons. The molecule has 3 nitrogen and oxygen atoms in total. The van der Waals surface area contributed by atoms with Crippen molar-refractivity contribution in [3.8, 4) is 5.75 Å². The van der Waals surface area contributed by atoms with Crippen LogP contribution in [-0.4, -0.2) is 43.7 Å². The van der Waals surface area contributed by atoms with E-state index < -0.39 is 0 Å². The summed E-state index contributed by atoms with van der Waals surface area (Å²) < 4.78 is 18.9. The topological polar surface area (TPSA) is 24.5 Å². The molecule has 0 aliphatic carbocycles. The van der Waals surface area contributed by atoms with Gasteiger partial charge in [0.15, 0.2) is 0 Å². The van der Waals surface area contributed by atoms with Crippen molar-refractivity contribution < 1.29 is 9.13 Å². The Balaban J connectivity index is 1.61. The lowest BCUT2D eigenvalue weighted by Gasteiger charge is -2.29. The molecule has 2 aliphatic rings. The molecule has 1 aromatic carbocycles.